The number of benzene rings is 2. The molecule has 27 heavy (non-hydrogen) atoms. The number of nitrogens with zero attached hydrogens (tertiary/aromatic N) is 3. The summed E-state index contributed by atoms with van der Waals surface area (Å²) in [6, 6.07) is 17.0. The molecule has 0 aliphatic rings. The first kappa shape index (κ1) is 18.3. The lowest BCUT2D eigenvalue weighted by atomic mass is 10.0. The summed E-state index contributed by atoms with van der Waals surface area (Å²) in [7, 11) is 0. The van der Waals surface area contributed by atoms with Gasteiger partial charge < -0.3 is 10.2 Å². The van der Waals surface area contributed by atoms with E-state index >= 15 is 0 Å². The Kier molecular flexibility index (Phi) is 5.33. The molecule has 7 nitrogen and oxygen atoms in total. The maximum atomic E-state index is 12.3. The molecule has 1 atom stereocenters. The third-order valence-electron chi connectivity index (χ3n) is 4.16. The fraction of sp³-hybridized carbons (Fsp3) is 0.150. The summed E-state index contributed by atoms with van der Waals surface area (Å²) in [5.74, 6) is 0. The van der Waals surface area contributed by atoms with E-state index in [1.165, 1.54) is 16.9 Å². The summed E-state index contributed by atoms with van der Waals surface area (Å²) in [4.78, 5) is 24.7. The summed E-state index contributed by atoms with van der Waals surface area (Å²) in [5, 5.41) is 24.3. The van der Waals surface area contributed by atoms with Crippen molar-refractivity contribution in [3.05, 3.63) is 88.3 Å². The smallest absolute Gasteiger partial charge is 0.411 e. The summed E-state index contributed by atoms with van der Waals surface area (Å²) >= 11 is 0. The highest BCUT2D eigenvalue weighted by Crippen LogP contribution is 2.23. The maximum absolute atomic E-state index is 12.3. The highest BCUT2D eigenvalue weighted by atomic mass is 16.4. The number of amides is 1. The summed E-state index contributed by atoms with van der Waals surface area (Å²) in [6.07, 6.45) is -0.831. The molecule has 0 aliphatic carbocycles. The van der Waals surface area contributed by atoms with Gasteiger partial charge in [0.05, 0.1) is 5.69 Å². The molecule has 7 heteroatoms. The lowest BCUT2D eigenvalue weighted by Gasteiger charge is -2.19. The zero-order valence-electron chi connectivity index (χ0n) is 14.7. The predicted molar refractivity (Wildman–Crippen MR) is 101 cm³/mol. The number of aromatic nitrogens is 2. The van der Waals surface area contributed by atoms with E-state index in [-0.39, 0.29) is 12.2 Å². The van der Waals surface area contributed by atoms with Crippen LogP contribution in [0.5, 0.6) is 0 Å². The van der Waals surface area contributed by atoms with Gasteiger partial charge >= 0.3 is 6.09 Å². The second-order valence-electron chi connectivity index (χ2n) is 5.87. The van der Waals surface area contributed by atoms with Crippen LogP contribution in [0.4, 0.5) is 10.5 Å². The van der Waals surface area contributed by atoms with Crippen LogP contribution in [-0.2, 0) is 0 Å². The Morgan fingerprint density at radius 1 is 1.15 bits per heavy atom. The standard InChI is InChI=1S/C20H19N3O4/c1-2-22(20(26)27)16-10-6-7-14(13-16)19(25)18-17(24)11-12-23(21-18)15-8-4-3-5-9-15/h3-13,19,25H,2H2,1H3,(H,26,27). The van der Waals surface area contributed by atoms with Gasteiger partial charge in [-0.25, -0.2) is 9.48 Å². The molecule has 1 aromatic heterocycles. The van der Waals surface area contributed by atoms with Crippen molar-refractivity contribution in [2.45, 2.75) is 13.0 Å². The average Bonchev–Trinajstić information content (AvgIpc) is 2.69. The minimum atomic E-state index is -1.28. The number of carboxylic acid groups (broad SMARTS) is 1. The first-order valence-corrected chi connectivity index (χ1v) is 8.45. The van der Waals surface area contributed by atoms with Crippen molar-refractivity contribution in [1.82, 2.24) is 9.78 Å². The Morgan fingerprint density at radius 2 is 1.89 bits per heavy atom. The van der Waals surface area contributed by atoms with Crippen LogP contribution in [0, 0.1) is 0 Å². The number of hydrogen-bond acceptors (Lipinski definition) is 4. The van der Waals surface area contributed by atoms with E-state index in [0.29, 0.717) is 11.3 Å². The van der Waals surface area contributed by atoms with Gasteiger partial charge in [-0.1, -0.05) is 30.3 Å². The molecule has 2 N–H and O–H groups in total. The van der Waals surface area contributed by atoms with Crippen molar-refractivity contribution in [2.75, 3.05) is 11.4 Å². The van der Waals surface area contributed by atoms with Crippen molar-refractivity contribution in [2.24, 2.45) is 0 Å². The molecule has 0 aliphatic heterocycles. The highest BCUT2D eigenvalue weighted by Gasteiger charge is 2.19. The van der Waals surface area contributed by atoms with Gasteiger partial charge in [0.2, 0.25) is 5.43 Å². The van der Waals surface area contributed by atoms with Crippen LogP contribution in [0.2, 0.25) is 0 Å². The quantitative estimate of drug-likeness (QED) is 0.725. The highest BCUT2D eigenvalue weighted by molar-refractivity contribution is 5.86. The van der Waals surface area contributed by atoms with E-state index in [4.69, 9.17) is 0 Å². The molecule has 1 amide bonds. The Morgan fingerprint density at radius 3 is 2.56 bits per heavy atom. The molecule has 0 saturated carbocycles. The molecule has 0 bridgehead atoms. The number of aliphatic hydroxyl groups excluding tert-OH is 1. The number of aliphatic hydroxyl groups is 1. The van der Waals surface area contributed by atoms with Crippen molar-refractivity contribution < 1.29 is 15.0 Å². The fourth-order valence-electron chi connectivity index (χ4n) is 2.79. The van der Waals surface area contributed by atoms with Crippen molar-refractivity contribution >= 4 is 11.8 Å². The van der Waals surface area contributed by atoms with Crippen molar-refractivity contribution in [3.8, 4) is 5.69 Å². The normalized spacial score (nSPS) is 11.8. The molecule has 0 saturated heterocycles. The van der Waals surface area contributed by atoms with E-state index in [9.17, 15) is 19.8 Å². The molecule has 3 rings (SSSR count). The molecule has 3 aromatic rings. The number of anilines is 1. The zero-order valence-corrected chi connectivity index (χ0v) is 14.7. The van der Waals surface area contributed by atoms with Crippen LogP contribution in [0.25, 0.3) is 5.69 Å². The van der Waals surface area contributed by atoms with Crippen LogP contribution in [-0.4, -0.2) is 32.6 Å². The monoisotopic (exact) mass is 365 g/mol. The first-order chi connectivity index (χ1) is 13.0. The maximum Gasteiger partial charge on any atom is 0.411 e. The van der Waals surface area contributed by atoms with Gasteiger partial charge in [0.25, 0.3) is 0 Å². The minimum Gasteiger partial charge on any atom is -0.465 e. The molecule has 1 unspecified atom stereocenters. The SMILES string of the molecule is CCN(C(=O)O)c1cccc(C(O)c2nn(-c3ccccc3)ccc2=O)c1. The molecule has 0 radical (unpaired) electrons. The van der Waals surface area contributed by atoms with E-state index in [0.717, 1.165) is 10.6 Å². The number of rotatable bonds is 5. The number of para-hydroxylation sites is 1. The molecule has 138 valence electrons. The van der Waals surface area contributed by atoms with E-state index in [1.807, 2.05) is 30.3 Å². The molecular weight excluding hydrogens is 346 g/mol. The van der Waals surface area contributed by atoms with Gasteiger partial charge in [-0.15, -0.1) is 0 Å². The Balaban J connectivity index is 2.00. The Labute approximate surface area is 155 Å². The first-order valence-electron chi connectivity index (χ1n) is 8.45. The van der Waals surface area contributed by atoms with Crippen molar-refractivity contribution in [1.29, 1.82) is 0 Å². The minimum absolute atomic E-state index is 0.0307. The summed E-state index contributed by atoms with van der Waals surface area (Å²) in [5.41, 5.74) is 1.13. The topological polar surface area (TPSA) is 95.7 Å². The summed E-state index contributed by atoms with van der Waals surface area (Å²) in [6.45, 7) is 1.98. The Hall–Kier alpha value is -3.45. The van der Waals surface area contributed by atoms with E-state index in [2.05, 4.69) is 5.10 Å². The zero-order chi connectivity index (χ0) is 19.4. The molecule has 0 fully saturated rings. The van der Waals surface area contributed by atoms with Crippen LogP contribution in [0.3, 0.4) is 0 Å². The van der Waals surface area contributed by atoms with Crippen LogP contribution < -0.4 is 10.3 Å². The third kappa shape index (κ3) is 3.88. The second kappa shape index (κ2) is 7.84. The lowest BCUT2D eigenvalue weighted by molar-refractivity contribution is 0.202. The number of hydrogen-bond donors (Lipinski definition) is 2. The average molecular weight is 365 g/mol. The molecule has 2 aromatic carbocycles. The van der Waals surface area contributed by atoms with Gasteiger partial charge in [0, 0.05) is 24.5 Å². The van der Waals surface area contributed by atoms with E-state index in [1.54, 1.807) is 31.2 Å². The van der Waals surface area contributed by atoms with Gasteiger partial charge in [-0.3, -0.25) is 9.69 Å². The van der Waals surface area contributed by atoms with Gasteiger partial charge in [0.1, 0.15) is 11.8 Å². The molecular formula is C20H19N3O4. The third-order valence-corrected chi connectivity index (χ3v) is 4.16. The fourth-order valence-corrected chi connectivity index (χ4v) is 2.79. The van der Waals surface area contributed by atoms with Gasteiger partial charge in [-0.2, -0.15) is 5.10 Å². The van der Waals surface area contributed by atoms with Gasteiger partial charge in [0.15, 0.2) is 0 Å². The molecule has 1 heterocycles. The second-order valence-corrected chi connectivity index (χ2v) is 5.87. The molecule has 0 spiro atoms. The number of carbonyl (C=O) groups is 1. The van der Waals surface area contributed by atoms with Gasteiger partial charge in [-0.05, 0) is 36.8 Å². The van der Waals surface area contributed by atoms with Crippen LogP contribution >= 0.6 is 0 Å². The van der Waals surface area contributed by atoms with Crippen LogP contribution in [0.1, 0.15) is 24.3 Å². The van der Waals surface area contributed by atoms with Crippen LogP contribution in [0.15, 0.2) is 71.7 Å². The largest absolute Gasteiger partial charge is 0.465 e. The summed E-state index contributed by atoms with van der Waals surface area (Å²) < 4.78 is 1.51. The Bertz CT molecular complexity index is 1000. The van der Waals surface area contributed by atoms with Crippen molar-refractivity contribution in [3.63, 3.8) is 0 Å². The lowest BCUT2D eigenvalue weighted by Crippen LogP contribution is -2.28. The van der Waals surface area contributed by atoms with E-state index < -0.39 is 17.6 Å². The predicted octanol–water partition coefficient (Wildman–Crippen LogP) is 2.82.